The van der Waals surface area contributed by atoms with Crippen LogP contribution in [0.15, 0.2) is 24.3 Å². The Balaban J connectivity index is 2.17. The summed E-state index contributed by atoms with van der Waals surface area (Å²) in [4.78, 5) is 5.97. The van der Waals surface area contributed by atoms with Crippen LogP contribution in [0.3, 0.4) is 0 Å². The molecule has 0 aliphatic rings. The lowest BCUT2D eigenvalue weighted by Gasteiger charge is -2.19. The fraction of sp³-hybridized carbons (Fsp3) is 0.438. The third-order valence-corrected chi connectivity index (χ3v) is 4.22. The number of aryl methyl sites for hydroxylation is 1. The van der Waals surface area contributed by atoms with Gasteiger partial charge in [0.2, 0.25) is 0 Å². The van der Waals surface area contributed by atoms with Gasteiger partial charge in [0.15, 0.2) is 0 Å². The third kappa shape index (κ3) is 3.81. The summed E-state index contributed by atoms with van der Waals surface area (Å²) >= 11 is 1.75. The van der Waals surface area contributed by atoms with Crippen LogP contribution in [0.4, 0.5) is 0 Å². The van der Waals surface area contributed by atoms with E-state index in [1.54, 1.807) is 18.4 Å². The van der Waals surface area contributed by atoms with Gasteiger partial charge in [-0.2, -0.15) is 0 Å². The molecular formula is C16H22N2OS. The number of ether oxygens (including phenoxy) is 1. The van der Waals surface area contributed by atoms with Gasteiger partial charge in [0, 0.05) is 22.5 Å². The molecule has 0 amide bonds. The Hall–Kier alpha value is -1.39. The van der Waals surface area contributed by atoms with Gasteiger partial charge in [-0.3, -0.25) is 0 Å². The van der Waals surface area contributed by atoms with Crippen LogP contribution >= 0.6 is 11.3 Å². The van der Waals surface area contributed by atoms with E-state index in [1.807, 2.05) is 12.1 Å². The molecule has 20 heavy (non-hydrogen) atoms. The Kier molecular flexibility index (Phi) is 4.45. The van der Waals surface area contributed by atoms with Crippen molar-refractivity contribution in [3.05, 3.63) is 34.8 Å². The van der Waals surface area contributed by atoms with Gasteiger partial charge in [-0.05, 0) is 52.0 Å². The minimum atomic E-state index is 0.122. The molecule has 0 fully saturated rings. The minimum absolute atomic E-state index is 0.122. The van der Waals surface area contributed by atoms with Crippen molar-refractivity contribution in [3.8, 4) is 16.3 Å². The summed E-state index contributed by atoms with van der Waals surface area (Å²) in [5.41, 5.74) is 2.37. The van der Waals surface area contributed by atoms with Crippen molar-refractivity contribution in [2.45, 2.75) is 39.8 Å². The molecule has 108 valence electrons. The van der Waals surface area contributed by atoms with Crippen LogP contribution in [0.5, 0.6) is 5.75 Å². The summed E-state index contributed by atoms with van der Waals surface area (Å²) in [5, 5.41) is 4.58. The zero-order valence-electron chi connectivity index (χ0n) is 12.8. The maximum absolute atomic E-state index is 5.18. The highest BCUT2D eigenvalue weighted by Gasteiger charge is 2.13. The van der Waals surface area contributed by atoms with E-state index >= 15 is 0 Å². The van der Waals surface area contributed by atoms with Crippen molar-refractivity contribution in [2.75, 3.05) is 7.11 Å². The number of hydrogen-bond donors (Lipinski definition) is 1. The highest BCUT2D eigenvalue weighted by atomic mass is 32.1. The molecule has 1 aromatic heterocycles. The lowest BCUT2D eigenvalue weighted by Crippen LogP contribution is -2.34. The van der Waals surface area contributed by atoms with E-state index in [2.05, 4.69) is 50.1 Å². The van der Waals surface area contributed by atoms with Crippen molar-refractivity contribution in [1.82, 2.24) is 10.3 Å². The highest BCUT2D eigenvalue weighted by molar-refractivity contribution is 7.15. The molecule has 2 aromatic rings. The highest BCUT2D eigenvalue weighted by Crippen LogP contribution is 2.29. The first-order valence-corrected chi connectivity index (χ1v) is 7.56. The predicted molar refractivity (Wildman–Crippen MR) is 85.4 cm³/mol. The molecule has 0 saturated carbocycles. The molecule has 1 N–H and O–H groups in total. The van der Waals surface area contributed by atoms with Crippen molar-refractivity contribution >= 4 is 11.3 Å². The Morgan fingerprint density at radius 3 is 2.40 bits per heavy atom. The lowest BCUT2D eigenvalue weighted by atomic mass is 10.1. The number of methoxy groups -OCH3 is 1. The van der Waals surface area contributed by atoms with E-state index in [4.69, 9.17) is 4.74 Å². The van der Waals surface area contributed by atoms with Gasteiger partial charge < -0.3 is 10.1 Å². The molecule has 4 heteroatoms. The second-order valence-electron chi connectivity index (χ2n) is 5.86. The summed E-state index contributed by atoms with van der Waals surface area (Å²) in [6.07, 6.45) is 0. The zero-order valence-corrected chi connectivity index (χ0v) is 13.6. The number of hydrogen-bond acceptors (Lipinski definition) is 4. The number of benzene rings is 1. The van der Waals surface area contributed by atoms with Gasteiger partial charge in [-0.15, -0.1) is 11.3 Å². The number of thiazole rings is 1. The van der Waals surface area contributed by atoms with E-state index in [-0.39, 0.29) is 5.54 Å². The molecule has 0 atom stereocenters. The first-order chi connectivity index (χ1) is 9.39. The third-order valence-electron chi connectivity index (χ3n) is 3.01. The predicted octanol–water partition coefficient (Wildman–Crippen LogP) is 4.02. The number of nitrogens with zero attached hydrogens (tertiary/aromatic N) is 1. The Bertz CT molecular complexity index is 567. The van der Waals surface area contributed by atoms with E-state index in [0.717, 1.165) is 28.6 Å². The van der Waals surface area contributed by atoms with Crippen LogP contribution in [-0.4, -0.2) is 17.6 Å². The molecule has 2 rings (SSSR count). The Labute approximate surface area is 125 Å². The van der Waals surface area contributed by atoms with Crippen LogP contribution in [0.2, 0.25) is 0 Å². The van der Waals surface area contributed by atoms with E-state index in [0.29, 0.717) is 0 Å². The van der Waals surface area contributed by atoms with Gasteiger partial charge in [-0.25, -0.2) is 4.98 Å². The summed E-state index contributed by atoms with van der Waals surface area (Å²) in [6.45, 7) is 9.46. The van der Waals surface area contributed by atoms with E-state index in [1.165, 1.54) is 4.88 Å². The quantitative estimate of drug-likeness (QED) is 0.923. The lowest BCUT2D eigenvalue weighted by molar-refractivity contribution is 0.415. The number of nitrogens with one attached hydrogen (secondary N) is 1. The van der Waals surface area contributed by atoms with E-state index < -0.39 is 0 Å². The molecule has 0 aliphatic heterocycles. The van der Waals surface area contributed by atoms with Crippen LogP contribution in [0, 0.1) is 6.92 Å². The van der Waals surface area contributed by atoms with Crippen molar-refractivity contribution in [3.63, 3.8) is 0 Å². The largest absolute Gasteiger partial charge is 0.497 e. The first-order valence-electron chi connectivity index (χ1n) is 6.75. The number of aromatic nitrogens is 1. The van der Waals surface area contributed by atoms with Crippen LogP contribution in [0.25, 0.3) is 10.6 Å². The fourth-order valence-corrected chi connectivity index (χ4v) is 2.80. The number of rotatable bonds is 4. The summed E-state index contributed by atoms with van der Waals surface area (Å²) in [7, 11) is 1.68. The second kappa shape index (κ2) is 5.94. The maximum atomic E-state index is 5.18. The molecule has 1 heterocycles. The molecular weight excluding hydrogens is 268 g/mol. The standard InChI is InChI=1S/C16H22N2OS/c1-11-14(10-17-16(2,3)4)20-15(18-11)12-6-8-13(19-5)9-7-12/h6-9,17H,10H2,1-5H3. The van der Waals surface area contributed by atoms with Crippen molar-refractivity contribution in [2.24, 2.45) is 0 Å². The average Bonchev–Trinajstić information content (AvgIpc) is 2.77. The summed E-state index contributed by atoms with van der Waals surface area (Å²) in [6, 6.07) is 8.05. The fourth-order valence-electron chi connectivity index (χ4n) is 1.79. The monoisotopic (exact) mass is 290 g/mol. The first kappa shape index (κ1) is 15.0. The van der Waals surface area contributed by atoms with Gasteiger partial charge >= 0.3 is 0 Å². The summed E-state index contributed by atoms with van der Waals surface area (Å²) in [5.74, 6) is 0.872. The van der Waals surface area contributed by atoms with Gasteiger partial charge in [0.05, 0.1) is 12.8 Å². The zero-order chi connectivity index (χ0) is 14.8. The second-order valence-corrected chi connectivity index (χ2v) is 6.94. The van der Waals surface area contributed by atoms with Gasteiger partial charge in [0.1, 0.15) is 10.8 Å². The minimum Gasteiger partial charge on any atom is -0.497 e. The molecule has 0 unspecified atom stereocenters. The molecule has 0 saturated heterocycles. The van der Waals surface area contributed by atoms with Crippen molar-refractivity contribution in [1.29, 1.82) is 0 Å². The maximum Gasteiger partial charge on any atom is 0.123 e. The Morgan fingerprint density at radius 2 is 1.85 bits per heavy atom. The van der Waals surface area contributed by atoms with Gasteiger partial charge in [-0.1, -0.05) is 0 Å². The van der Waals surface area contributed by atoms with Gasteiger partial charge in [0.25, 0.3) is 0 Å². The normalized spacial score (nSPS) is 11.7. The molecule has 0 aliphatic carbocycles. The van der Waals surface area contributed by atoms with Crippen molar-refractivity contribution < 1.29 is 4.74 Å². The van der Waals surface area contributed by atoms with Crippen LogP contribution < -0.4 is 10.1 Å². The Morgan fingerprint density at radius 1 is 1.20 bits per heavy atom. The topological polar surface area (TPSA) is 34.1 Å². The molecule has 1 aromatic carbocycles. The molecule has 0 radical (unpaired) electrons. The molecule has 3 nitrogen and oxygen atoms in total. The molecule has 0 bridgehead atoms. The summed E-state index contributed by atoms with van der Waals surface area (Å²) < 4.78 is 5.18. The van der Waals surface area contributed by atoms with Crippen LogP contribution in [0.1, 0.15) is 31.3 Å². The molecule has 0 spiro atoms. The van der Waals surface area contributed by atoms with E-state index in [9.17, 15) is 0 Å². The smallest absolute Gasteiger partial charge is 0.123 e. The average molecular weight is 290 g/mol. The SMILES string of the molecule is COc1ccc(-c2nc(C)c(CNC(C)(C)C)s2)cc1. The van der Waals surface area contributed by atoms with Crippen LogP contribution in [-0.2, 0) is 6.54 Å².